The Morgan fingerprint density at radius 1 is 1.50 bits per heavy atom. The van der Waals surface area contributed by atoms with E-state index in [2.05, 4.69) is 0 Å². The van der Waals surface area contributed by atoms with Gasteiger partial charge in [0.1, 0.15) is 12.3 Å². The third kappa shape index (κ3) is 3.01. The van der Waals surface area contributed by atoms with Gasteiger partial charge in [-0.3, -0.25) is 4.79 Å². The van der Waals surface area contributed by atoms with Crippen molar-refractivity contribution in [1.82, 2.24) is 4.90 Å². The fourth-order valence-corrected chi connectivity index (χ4v) is 1.32. The van der Waals surface area contributed by atoms with Gasteiger partial charge in [-0.05, 0) is 19.9 Å². The van der Waals surface area contributed by atoms with Crippen LogP contribution in [0.3, 0.4) is 0 Å². The summed E-state index contributed by atoms with van der Waals surface area (Å²) in [6.07, 6.45) is -3.10. The van der Waals surface area contributed by atoms with Crippen LogP contribution in [0.1, 0.15) is 23.0 Å². The second kappa shape index (κ2) is 4.59. The molecule has 90 valence electrons. The number of carbonyl (C=O) groups is 1. The molecule has 0 aliphatic heterocycles. The molecule has 0 N–H and O–H groups in total. The molecule has 1 aromatic rings. The molecule has 0 aliphatic carbocycles. The number of furan rings is 1. The van der Waals surface area contributed by atoms with Gasteiger partial charge < -0.3 is 9.32 Å². The second-order valence-corrected chi connectivity index (χ2v) is 3.32. The summed E-state index contributed by atoms with van der Waals surface area (Å²) < 4.78 is 41.4. The summed E-state index contributed by atoms with van der Waals surface area (Å²) in [7, 11) is 0. The summed E-state index contributed by atoms with van der Waals surface area (Å²) in [5, 5.41) is 0. The number of carbonyl (C=O) groups excluding carboxylic acids is 1. The van der Waals surface area contributed by atoms with E-state index < -0.39 is 18.6 Å². The van der Waals surface area contributed by atoms with Crippen molar-refractivity contribution < 1.29 is 22.4 Å². The van der Waals surface area contributed by atoms with Crippen LogP contribution in [-0.4, -0.2) is 30.1 Å². The van der Waals surface area contributed by atoms with Crippen molar-refractivity contribution in [1.29, 1.82) is 0 Å². The van der Waals surface area contributed by atoms with Crippen LogP contribution in [0.4, 0.5) is 13.2 Å². The zero-order valence-corrected chi connectivity index (χ0v) is 8.97. The van der Waals surface area contributed by atoms with Crippen molar-refractivity contribution in [3.8, 4) is 0 Å². The molecule has 0 bridgehead atoms. The fourth-order valence-electron chi connectivity index (χ4n) is 1.32. The van der Waals surface area contributed by atoms with Crippen molar-refractivity contribution in [3.63, 3.8) is 0 Å². The number of alkyl halides is 3. The first-order valence-electron chi connectivity index (χ1n) is 4.75. The molecule has 1 rings (SSSR count). The molecule has 0 fully saturated rings. The van der Waals surface area contributed by atoms with Gasteiger partial charge in [-0.15, -0.1) is 0 Å². The predicted molar refractivity (Wildman–Crippen MR) is 51.1 cm³/mol. The molecule has 0 saturated carbocycles. The monoisotopic (exact) mass is 235 g/mol. The molecule has 0 spiro atoms. The van der Waals surface area contributed by atoms with Gasteiger partial charge in [0.15, 0.2) is 0 Å². The second-order valence-electron chi connectivity index (χ2n) is 3.32. The van der Waals surface area contributed by atoms with Crippen molar-refractivity contribution in [3.05, 3.63) is 23.7 Å². The highest BCUT2D eigenvalue weighted by Crippen LogP contribution is 2.19. The van der Waals surface area contributed by atoms with E-state index in [9.17, 15) is 18.0 Å². The quantitative estimate of drug-likeness (QED) is 0.806. The molecule has 0 unspecified atom stereocenters. The minimum atomic E-state index is -4.39. The minimum absolute atomic E-state index is 0.00294. The smallest absolute Gasteiger partial charge is 0.406 e. The number of aryl methyl sites for hydroxylation is 1. The van der Waals surface area contributed by atoms with E-state index in [0.717, 1.165) is 4.90 Å². The average Bonchev–Trinajstić information content (AvgIpc) is 2.58. The zero-order valence-electron chi connectivity index (χ0n) is 8.97. The maximum atomic E-state index is 12.2. The Kier molecular flexibility index (Phi) is 3.62. The number of hydrogen-bond donors (Lipinski definition) is 0. The van der Waals surface area contributed by atoms with E-state index in [0.29, 0.717) is 5.76 Å². The normalized spacial score (nSPS) is 11.6. The molecular formula is C10H12F3NO2. The number of hydrogen-bond acceptors (Lipinski definition) is 2. The Morgan fingerprint density at radius 3 is 2.50 bits per heavy atom. The summed E-state index contributed by atoms with van der Waals surface area (Å²) >= 11 is 0. The predicted octanol–water partition coefficient (Wildman–Crippen LogP) is 2.61. The number of nitrogens with zero attached hydrogens (tertiary/aromatic N) is 1. The first-order chi connectivity index (χ1) is 7.35. The van der Waals surface area contributed by atoms with E-state index in [4.69, 9.17) is 4.42 Å². The third-order valence-corrected chi connectivity index (χ3v) is 2.13. The summed E-state index contributed by atoms with van der Waals surface area (Å²) in [6, 6.07) is 1.37. The summed E-state index contributed by atoms with van der Waals surface area (Å²) in [4.78, 5) is 12.4. The first-order valence-corrected chi connectivity index (χ1v) is 4.75. The summed E-state index contributed by atoms with van der Waals surface area (Å²) in [5.74, 6) is -0.336. The Bertz CT molecular complexity index is 370. The molecule has 1 aromatic heterocycles. The summed E-state index contributed by atoms with van der Waals surface area (Å²) in [5.41, 5.74) is 0.172. The number of halogens is 3. The van der Waals surface area contributed by atoms with Gasteiger partial charge in [0.25, 0.3) is 5.91 Å². The molecule has 0 aromatic carbocycles. The average molecular weight is 235 g/mol. The zero-order chi connectivity index (χ0) is 12.3. The van der Waals surface area contributed by atoms with E-state index in [1.807, 2.05) is 0 Å². The highest BCUT2D eigenvalue weighted by molar-refractivity contribution is 5.95. The van der Waals surface area contributed by atoms with Crippen LogP contribution in [0.5, 0.6) is 0 Å². The van der Waals surface area contributed by atoms with Gasteiger partial charge in [-0.1, -0.05) is 0 Å². The van der Waals surface area contributed by atoms with Crippen LogP contribution < -0.4 is 0 Å². The van der Waals surface area contributed by atoms with E-state index in [1.54, 1.807) is 0 Å². The molecule has 0 saturated heterocycles. The highest BCUT2D eigenvalue weighted by atomic mass is 19.4. The Morgan fingerprint density at radius 2 is 2.12 bits per heavy atom. The van der Waals surface area contributed by atoms with Gasteiger partial charge in [0.05, 0.1) is 11.8 Å². The summed E-state index contributed by atoms with van der Waals surface area (Å²) in [6.45, 7) is 1.80. The largest absolute Gasteiger partial charge is 0.469 e. The standard InChI is InChI=1S/C10H12F3NO2/c1-3-14(6-10(11,12)13)9(15)8-4-5-16-7(8)2/h4-5H,3,6H2,1-2H3. The van der Waals surface area contributed by atoms with Crippen LogP contribution >= 0.6 is 0 Å². The third-order valence-electron chi connectivity index (χ3n) is 2.13. The van der Waals surface area contributed by atoms with Crippen LogP contribution in [0.25, 0.3) is 0 Å². The van der Waals surface area contributed by atoms with Crippen LogP contribution in [-0.2, 0) is 0 Å². The SMILES string of the molecule is CCN(CC(F)(F)F)C(=O)c1ccoc1C. The van der Waals surface area contributed by atoms with Gasteiger partial charge in [-0.2, -0.15) is 13.2 Å². The lowest BCUT2D eigenvalue weighted by Gasteiger charge is -2.21. The molecule has 0 atom stereocenters. The fraction of sp³-hybridized carbons (Fsp3) is 0.500. The molecule has 1 heterocycles. The minimum Gasteiger partial charge on any atom is -0.469 e. The first kappa shape index (κ1) is 12.6. The Hall–Kier alpha value is -1.46. The van der Waals surface area contributed by atoms with E-state index >= 15 is 0 Å². The van der Waals surface area contributed by atoms with Gasteiger partial charge in [0, 0.05) is 6.54 Å². The van der Waals surface area contributed by atoms with Crippen molar-refractivity contribution in [2.45, 2.75) is 20.0 Å². The van der Waals surface area contributed by atoms with E-state index in [1.165, 1.54) is 26.2 Å². The maximum absolute atomic E-state index is 12.2. The van der Waals surface area contributed by atoms with Crippen LogP contribution in [0, 0.1) is 6.92 Å². The number of rotatable bonds is 3. The van der Waals surface area contributed by atoms with E-state index in [-0.39, 0.29) is 12.1 Å². The molecule has 1 amide bonds. The van der Waals surface area contributed by atoms with Crippen LogP contribution in [0.2, 0.25) is 0 Å². The highest BCUT2D eigenvalue weighted by Gasteiger charge is 2.33. The molecule has 16 heavy (non-hydrogen) atoms. The lowest BCUT2D eigenvalue weighted by atomic mass is 10.2. The van der Waals surface area contributed by atoms with Crippen LogP contribution in [0.15, 0.2) is 16.7 Å². The van der Waals surface area contributed by atoms with Crippen molar-refractivity contribution in [2.24, 2.45) is 0 Å². The molecule has 6 heteroatoms. The molecule has 0 aliphatic rings. The topological polar surface area (TPSA) is 33.5 Å². The van der Waals surface area contributed by atoms with Crippen molar-refractivity contribution in [2.75, 3.05) is 13.1 Å². The number of amides is 1. The van der Waals surface area contributed by atoms with Gasteiger partial charge >= 0.3 is 6.18 Å². The molecular weight excluding hydrogens is 223 g/mol. The molecule has 0 radical (unpaired) electrons. The lowest BCUT2D eigenvalue weighted by Crippen LogP contribution is -2.38. The van der Waals surface area contributed by atoms with Crippen molar-refractivity contribution >= 4 is 5.91 Å². The Balaban J connectivity index is 2.82. The lowest BCUT2D eigenvalue weighted by molar-refractivity contribution is -0.140. The maximum Gasteiger partial charge on any atom is 0.406 e. The van der Waals surface area contributed by atoms with Gasteiger partial charge in [-0.25, -0.2) is 0 Å². The molecule has 3 nitrogen and oxygen atoms in total. The van der Waals surface area contributed by atoms with Gasteiger partial charge in [0.2, 0.25) is 0 Å². The Labute approximate surface area is 90.8 Å².